The average Bonchev–Trinajstić information content (AvgIpc) is 2.45. The van der Waals surface area contributed by atoms with Crippen molar-refractivity contribution in [3.63, 3.8) is 0 Å². The van der Waals surface area contributed by atoms with Gasteiger partial charge in [-0.25, -0.2) is 0 Å². The lowest BCUT2D eigenvalue weighted by atomic mass is 10.0. The Balaban J connectivity index is 2.68. The van der Waals surface area contributed by atoms with Crippen molar-refractivity contribution < 1.29 is 9.53 Å². The van der Waals surface area contributed by atoms with Gasteiger partial charge in [0.25, 0.3) is 0 Å². The quantitative estimate of drug-likeness (QED) is 0.296. The van der Waals surface area contributed by atoms with Crippen LogP contribution in [0.1, 0.15) is 24.5 Å². The average molecular weight is 299 g/mol. The van der Waals surface area contributed by atoms with Gasteiger partial charge in [-0.1, -0.05) is 36.4 Å². The minimum atomic E-state index is -0.513. The second-order valence-corrected chi connectivity index (χ2v) is 5.19. The van der Waals surface area contributed by atoms with Crippen LogP contribution < -0.4 is 0 Å². The molecule has 0 spiro atoms. The zero-order valence-corrected chi connectivity index (χ0v) is 12.6. The first-order valence-corrected chi connectivity index (χ1v) is 8.14. The van der Waals surface area contributed by atoms with Gasteiger partial charge in [0.1, 0.15) is 6.10 Å². The van der Waals surface area contributed by atoms with Crippen LogP contribution in [-0.2, 0) is 9.53 Å². The summed E-state index contributed by atoms with van der Waals surface area (Å²) in [6.07, 6.45) is 6.60. The topological polar surface area (TPSA) is 26.3 Å². The van der Waals surface area contributed by atoms with Gasteiger partial charge in [-0.2, -0.15) is 0 Å². The van der Waals surface area contributed by atoms with Crippen molar-refractivity contribution in [3.8, 4) is 0 Å². The number of thioether (sulfide) groups is 1. The van der Waals surface area contributed by atoms with Crippen LogP contribution in [0.15, 0.2) is 42.5 Å². The molecule has 1 atom stereocenters. The Morgan fingerprint density at radius 2 is 2.16 bits per heavy atom. The fraction of sp³-hybridized carbons (Fsp3) is 0.400. The molecule has 0 aliphatic rings. The van der Waals surface area contributed by atoms with Gasteiger partial charge >= 0.3 is 0 Å². The van der Waals surface area contributed by atoms with Crippen LogP contribution in [-0.4, -0.2) is 23.9 Å². The van der Waals surface area contributed by atoms with Crippen LogP contribution in [0.5, 0.6) is 0 Å². The molecule has 0 radical (unpaired) electrons. The molecular weight excluding hydrogens is 280 g/mol. The van der Waals surface area contributed by atoms with Crippen LogP contribution >= 0.6 is 23.4 Å². The van der Waals surface area contributed by atoms with Gasteiger partial charge in [0.05, 0.1) is 5.94 Å². The van der Waals surface area contributed by atoms with Crippen LogP contribution in [0.25, 0.3) is 0 Å². The molecule has 2 nitrogen and oxygen atoms in total. The number of carbonyl (C=O) groups is 1. The number of benzene rings is 1. The summed E-state index contributed by atoms with van der Waals surface area (Å²) in [6.45, 7) is 0. The standard InChI is InChI=1S/C15H19ClO2S/c1-19-12-18-15(13-8-4-2-5-9-13)14(17)10-6-3-7-11-16/h2,4-6,8-10,15H,3,7,11-12H2,1H3/b10-6+. The molecule has 1 aromatic rings. The summed E-state index contributed by atoms with van der Waals surface area (Å²) < 4.78 is 5.63. The van der Waals surface area contributed by atoms with E-state index in [1.54, 1.807) is 17.8 Å². The molecule has 0 saturated heterocycles. The third-order valence-corrected chi connectivity index (χ3v) is 3.14. The number of unbranched alkanes of at least 4 members (excludes halogenated alkanes) is 1. The summed E-state index contributed by atoms with van der Waals surface area (Å²) in [5.74, 6) is 1.10. The zero-order chi connectivity index (χ0) is 13.9. The van der Waals surface area contributed by atoms with E-state index >= 15 is 0 Å². The smallest absolute Gasteiger partial charge is 0.188 e. The lowest BCUT2D eigenvalue weighted by molar-refractivity contribution is -0.124. The molecule has 1 rings (SSSR count). The summed E-state index contributed by atoms with van der Waals surface area (Å²) in [5.41, 5.74) is 0.892. The minimum absolute atomic E-state index is 0.0187. The van der Waals surface area contributed by atoms with Crippen molar-refractivity contribution >= 4 is 29.1 Å². The Morgan fingerprint density at radius 1 is 1.42 bits per heavy atom. The van der Waals surface area contributed by atoms with Gasteiger partial charge in [0.2, 0.25) is 0 Å². The molecule has 0 N–H and O–H groups in total. The summed E-state index contributed by atoms with van der Waals surface area (Å²) in [5, 5.41) is 0. The highest BCUT2D eigenvalue weighted by atomic mass is 35.5. The summed E-state index contributed by atoms with van der Waals surface area (Å²) >= 11 is 7.16. The number of ether oxygens (including phenoxy) is 1. The monoisotopic (exact) mass is 298 g/mol. The van der Waals surface area contributed by atoms with E-state index in [-0.39, 0.29) is 5.78 Å². The van der Waals surface area contributed by atoms with Crippen molar-refractivity contribution in [2.45, 2.75) is 18.9 Å². The minimum Gasteiger partial charge on any atom is -0.355 e. The molecule has 1 aromatic carbocycles. The van der Waals surface area contributed by atoms with Crippen LogP contribution in [0.4, 0.5) is 0 Å². The molecule has 0 aliphatic heterocycles. The fourth-order valence-electron chi connectivity index (χ4n) is 1.59. The first kappa shape index (κ1) is 16.3. The highest BCUT2D eigenvalue weighted by Crippen LogP contribution is 2.20. The van der Waals surface area contributed by atoms with Crippen molar-refractivity contribution in [2.24, 2.45) is 0 Å². The van der Waals surface area contributed by atoms with Gasteiger partial charge in [0, 0.05) is 5.88 Å². The Kier molecular flexibility index (Phi) is 8.63. The maximum Gasteiger partial charge on any atom is 0.188 e. The summed E-state index contributed by atoms with van der Waals surface area (Å²) in [4.78, 5) is 12.2. The Hall–Kier alpha value is -0.770. The van der Waals surface area contributed by atoms with Crippen molar-refractivity contribution in [2.75, 3.05) is 18.1 Å². The molecule has 19 heavy (non-hydrogen) atoms. The molecule has 0 saturated carbocycles. The van der Waals surface area contributed by atoms with E-state index in [1.165, 1.54) is 0 Å². The number of rotatable bonds is 9. The normalized spacial score (nSPS) is 12.7. The second-order valence-electron chi connectivity index (χ2n) is 4.00. The van der Waals surface area contributed by atoms with Gasteiger partial charge in [-0.15, -0.1) is 23.4 Å². The SMILES string of the molecule is CSCOC(C(=O)/C=C/CCCCl)c1ccccc1. The third-order valence-electron chi connectivity index (χ3n) is 2.50. The second kappa shape index (κ2) is 10.1. The maximum absolute atomic E-state index is 12.2. The predicted molar refractivity (Wildman–Crippen MR) is 82.8 cm³/mol. The van der Waals surface area contributed by atoms with Gasteiger partial charge < -0.3 is 4.74 Å². The molecular formula is C15H19ClO2S. The first-order chi connectivity index (χ1) is 9.29. The van der Waals surface area contributed by atoms with E-state index in [0.717, 1.165) is 18.4 Å². The molecule has 0 aliphatic carbocycles. The highest BCUT2D eigenvalue weighted by Gasteiger charge is 2.18. The molecule has 4 heteroatoms. The molecule has 0 bridgehead atoms. The largest absolute Gasteiger partial charge is 0.355 e. The van der Waals surface area contributed by atoms with E-state index in [2.05, 4.69) is 0 Å². The van der Waals surface area contributed by atoms with Gasteiger partial charge in [-0.3, -0.25) is 4.79 Å². The molecule has 0 amide bonds. The summed E-state index contributed by atoms with van der Waals surface area (Å²) in [7, 11) is 0. The van der Waals surface area contributed by atoms with Gasteiger partial charge in [-0.05, 0) is 30.7 Å². The summed E-state index contributed by atoms with van der Waals surface area (Å²) in [6, 6.07) is 9.57. The van der Waals surface area contributed by atoms with E-state index in [4.69, 9.17) is 16.3 Å². The lowest BCUT2D eigenvalue weighted by Gasteiger charge is -2.14. The van der Waals surface area contributed by atoms with E-state index in [0.29, 0.717) is 11.8 Å². The Labute approximate surface area is 124 Å². The van der Waals surface area contributed by atoms with E-state index in [9.17, 15) is 4.79 Å². The molecule has 0 aromatic heterocycles. The van der Waals surface area contributed by atoms with E-state index in [1.807, 2.05) is 42.7 Å². The molecule has 0 heterocycles. The van der Waals surface area contributed by atoms with Gasteiger partial charge in [0.15, 0.2) is 5.78 Å². The van der Waals surface area contributed by atoms with Crippen molar-refractivity contribution in [3.05, 3.63) is 48.0 Å². The zero-order valence-electron chi connectivity index (χ0n) is 11.0. The van der Waals surface area contributed by atoms with Crippen molar-refractivity contribution in [1.82, 2.24) is 0 Å². The molecule has 104 valence electrons. The third kappa shape index (κ3) is 6.28. The van der Waals surface area contributed by atoms with E-state index < -0.39 is 6.10 Å². The Morgan fingerprint density at radius 3 is 2.79 bits per heavy atom. The number of halogens is 1. The lowest BCUT2D eigenvalue weighted by Crippen LogP contribution is -2.14. The van der Waals surface area contributed by atoms with Crippen LogP contribution in [0.2, 0.25) is 0 Å². The molecule has 0 fully saturated rings. The van der Waals surface area contributed by atoms with Crippen LogP contribution in [0, 0.1) is 0 Å². The highest BCUT2D eigenvalue weighted by molar-refractivity contribution is 7.98. The predicted octanol–water partition coefficient (Wildman–Crippen LogP) is 4.21. The number of allylic oxidation sites excluding steroid dienone is 1. The number of hydrogen-bond donors (Lipinski definition) is 0. The van der Waals surface area contributed by atoms with Crippen LogP contribution in [0.3, 0.4) is 0 Å². The Bertz CT molecular complexity index is 392. The number of carbonyl (C=O) groups excluding carboxylic acids is 1. The fourth-order valence-corrected chi connectivity index (χ4v) is 2.01. The number of alkyl halides is 1. The first-order valence-electron chi connectivity index (χ1n) is 6.21. The number of hydrogen-bond acceptors (Lipinski definition) is 3. The molecule has 1 unspecified atom stereocenters. The maximum atomic E-state index is 12.2. The number of ketones is 1. The van der Waals surface area contributed by atoms with Crippen molar-refractivity contribution in [1.29, 1.82) is 0 Å².